The molecule has 0 fully saturated rings. The second-order valence-electron chi connectivity index (χ2n) is 3.75. The van der Waals surface area contributed by atoms with E-state index in [-0.39, 0.29) is 5.54 Å². The Morgan fingerprint density at radius 2 is 1.82 bits per heavy atom. The van der Waals surface area contributed by atoms with Crippen LogP contribution >= 0.6 is 0 Å². The number of nitrogens with one attached hydrogen (secondary N) is 1. The highest BCUT2D eigenvalue weighted by Crippen LogP contribution is 2.31. The lowest BCUT2D eigenvalue weighted by Gasteiger charge is -2.31. The van der Waals surface area contributed by atoms with Crippen molar-refractivity contribution in [1.29, 1.82) is 0 Å². The van der Waals surface area contributed by atoms with Crippen LogP contribution < -0.4 is 11.1 Å². The fraction of sp³-hybridized carbons (Fsp3) is 0.900. The first-order chi connectivity index (χ1) is 8.06. The third-order valence-electron chi connectivity index (χ3n) is 2.87. The molecule has 0 radical (unpaired) electrons. The molecule has 1 unspecified atom stereocenters. The molecule has 0 aromatic heterocycles. The van der Waals surface area contributed by atoms with Gasteiger partial charge in [0.05, 0.1) is 0 Å². The summed E-state index contributed by atoms with van der Waals surface area (Å²) in [5, 5.41) is 2.56. The molecule has 0 saturated heterocycles. The maximum absolute atomic E-state index is 10.5. The predicted molar refractivity (Wildman–Crippen MR) is 67.6 cm³/mol. The Labute approximate surface area is 104 Å². The number of carbonyl (C=O) groups is 1. The molecule has 0 aliphatic heterocycles. The maximum atomic E-state index is 10.5. The van der Waals surface area contributed by atoms with Gasteiger partial charge in [-0.3, -0.25) is 0 Å². The lowest BCUT2D eigenvalue weighted by atomic mass is 10.2. The third-order valence-corrected chi connectivity index (χ3v) is 6.28. The molecule has 0 aliphatic rings. The summed E-state index contributed by atoms with van der Waals surface area (Å²) in [5.74, 6) is 0. The summed E-state index contributed by atoms with van der Waals surface area (Å²) < 4.78 is 16.3. The number of hydrogen-bond donors (Lipinski definition) is 2. The standard InChI is InChI=1S/C10H24N2O4Si/c1-5-9(7-6-8-12-10(11)13)17(14-2,15-3)16-4/h9H,5-8H2,1-4H3,(H3,11,12,13). The number of carbonyl (C=O) groups excluding carboxylic acids is 1. The Bertz CT molecular complexity index is 216. The van der Waals surface area contributed by atoms with Gasteiger partial charge < -0.3 is 24.3 Å². The van der Waals surface area contributed by atoms with E-state index in [0.29, 0.717) is 6.54 Å². The van der Waals surface area contributed by atoms with Crippen LogP contribution in [0.4, 0.5) is 4.79 Å². The number of primary amides is 1. The van der Waals surface area contributed by atoms with Crippen molar-refractivity contribution in [3.63, 3.8) is 0 Å². The first-order valence-electron chi connectivity index (χ1n) is 5.75. The summed E-state index contributed by atoms with van der Waals surface area (Å²) in [4.78, 5) is 10.5. The van der Waals surface area contributed by atoms with Crippen molar-refractivity contribution in [3.8, 4) is 0 Å². The fourth-order valence-corrected chi connectivity index (χ4v) is 4.50. The minimum absolute atomic E-state index is 0.233. The topological polar surface area (TPSA) is 82.8 Å². The molecule has 17 heavy (non-hydrogen) atoms. The van der Waals surface area contributed by atoms with E-state index in [1.807, 2.05) is 0 Å². The van der Waals surface area contributed by atoms with Crippen LogP contribution in [0.25, 0.3) is 0 Å². The lowest BCUT2D eigenvalue weighted by molar-refractivity contribution is 0.108. The van der Waals surface area contributed by atoms with Crippen LogP contribution in [0.2, 0.25) is 5.54 Å². The second-order valence-corrected chi connectivity index (χ2v) is 7.00. The van der Waals surface area contributed by atoms with Crippen LogP contribution in [0.3, 0.4) is 0 Å². The van der Waals surface area contributed by atoms with E-state index in [0.717, 1.165) is 19.3 Å². The monoisotopic (exact) mass is 264 g/mol. The van der Waals surface area contributed by atoms with E-state index in [1.54, 1.807) is 21.3 Å². The molecular weight excluding hydrogens is 240 g/mol. The Morgan fingerprint density at radius 3 is 2.18 bits per heavy atom. The van der Waals surface area contributed by atoms with E-state index in [9.17, 15) is 4.79 Å². The molecule has 0 bridgehead atoms. The van der Waals surface area contributed by atoms with E-state index in [4.69, 9.17) is 19.0 Å². The van der Waals surface area contributed by atoms with E-state index in [2.05, 4.69) is 12.2 Å². The number of rotatable bonds is 9. The molecule has 6 nitrogen and oxygen atoms in total. The first-order valence-corrected chi connectivity index (χ1v) is 7.55. The summed E-state index contributed by atoms with van der Waals surface area (Å²) in [7, 11) is 2.28. The van der Waals surface area contributed by atoms with Crippen molar-refractivity contribution < 1.29 is 18.1 Å². The zero-order valence-electron chi connectivity index (χ0n) is 11.1. The van der Waals surface area contributed by atoms with Crippen LogP contribution in [-0.2, 0) is 13.3 Å². The zero-order chi connectivity index (χ0) is 13.3. The number of urea groups is 1. The molecule has 0 heterocycles. The summed E-state index contributed by atoms with van der Waals surface area (Å²) in [6.07, 6.45) is 2.61. The SMILES string of the molecule is CCC(CCCNC(N)=O)[Si](OC)(OC)OC. The van der Waals surface area contributed by atoms with Crippen LogP contribution in [0.15, 0.2) is 0 Å². The number of nitrogens with two attached hydrogens (primary N) is 1. The van der Waals surface area contributed by atoms with E-state index < -0.39 is 14.8 Å². The minimum Gasteiger partial charge on any atom is -0.377 e. The minimum atomic E-state index is -2.57. The molecule has 0 aromatic rings. The Kier molecular flexibility index (Phi) is 8.14. The highest BCUT2D eigenvalue weighted by molar-refractivity contribution is 6.62. The van der Waals surface area contributed by atoms with Gasteiger partial charge in [0.2, 0.25) is 0 Å². The molecule has 1 atom stereocenters. The predicted octanol–water partition coefficient (Wildman–Crippen LogP) is 1.09. The van der Waals surface area contributed by atoms with Gasteiger partial charge in [-0.1, -0.05) is 6.92 Å². The van der Waals surface area contributed by atoms with Crippen molar-refractivity contribution in [2.24, 2.45) is 5.73 Å². The van der Waals surface area contributed by atoms with Gasteiger partial charge in [0, 0.05) is 33.4 Å². The highest BCUT2D eigenvalue weighted by Gasteiger charge is 2.45. The molecule has 3 N–H and O–H groups in total. The maximum Gasteiger partial charge on any atom is 0.503 e. The van der Waals surface area contributed by atoms with Gasteiger partial charge in [0.1, 0.15) is 0 Å². The Hall–Kier alpha value is -0.633. The molecule has 7 heteroatoms. The molecule has 0 aromatic carbocycles. The smallest absolute Gasteiger partial charge is 0.377 e. The fourth-order valence-electron chi connectivity index (χ4n) is 1.94. The van der Waals surface area contributed by atoms with Gasteiger partial charge in [-0.15, -0.1) is 0 Å². The quantitative estimate of drug-likeness (QED) is 0.482. The zero-order valence-corrected chi connectivity index (χ0v) is 12.1. The number of hydrogen-bond acceptors (Lipinski definition) is 4. The van der Waals surface area contributed by atoms with Gasteiger partial charge in [-0.05, 0) is 19.3 Å². The van der Waals surface area contributed by atoms with Crippen molar-refractivity contribution in [3.05, 3.63) is 0 Å². The van der Waals surface area contributed by atoms with Gasteiger partial charge in [-0.25, -0.2) is 4.79 Å². The van der Waals surface area contributed by atoms with Gasteiger partial charge >= 0.3 is 14.8 Å². The van der Waals surface area contributed by atoms with Crippen molar-refractivity contribution in [2.75, 3.05) is 27.9 Å². The Morgan fingerprint density at radius 1 is 1.29 bits per heavy atom. The third kappa shape index (κ3) is 5.03. The molecule has 0 saturated carbocycles. The average molecular weight is 264 g/mol. The molecule has 0 rings (SSSR count). The normalized spacial score (nSPS) is 13.4. The summed E-state index contributed by atoms with van der Waals surface area (Å²) >= 11 is 0. The van der Waals surface area contributed by atoms with Gasteiger partial charge in [0.25, 0.3) is 0 Å². The highest BCUT2D eigenvalue weighted by atomic mass is 28.4. The van der Waals surface area contributed by atoms with Crippen LogP contribution in [0, 0.1) is 0 Å². The summed E-state index contributed by atoms with van der Waals surface area (Å²) in [5.41, 5.74) is 5.22. The summed E-state index contributed by atoms with van der Waals surface area (Å²) in [6, 6.07) is -0.494. The molecule has 0 aliphatic carbocycles. The van der Waals surface area contributed by atoms with E-state index in [1.165, 1.54) is 0 Å². The average Bonchev–Trinajstić information content (AvgIpc) is 2.33. The molecular formula is C10H24N2O4Si. The lowest BCUT2D eigenvalue weighted by Crippen LogP contribution is -2.47. The molecule has 2 amide bonds. The summed E-state index contributed by atoms with van der Waals surface area (Å²) in [6.45, 7) is 2.64. The molecule has 102 valence electrons. The van der Waals surface area contributed by atoms with Crippen molar-refractivity contribution in [2.45, 2.75) is 31.7 Å². The van der Waals surface area contributed by atoms with Gasteiger partial charge in [-0.2, -0.15) is 0 Å². The second kappa shape index (κ2) is 8.46. The number of amides is 2. The van der Waals surface area contributed by atoms with Crippen LogP contribution in [0.5, 0.6) is 0 Å². The van der Waals surface area contributed by atoms with Gasteiger partial charge in [0.15, 0.2) is 0 Å². The Balaban J connectivity index is 4.24. The van der Waals surface area contributed by atoms with Crippen LogP contribution in [0.1, 0.15) is 26.2 Å². The van der Waals surface area contributed by atoms with Crippen molar-refractivity contribution in [1.82, 2.24) is 5.32 Å². The van der Waals surface area contributed by atoms with Crippen LogP contribution in [-0.4, -0.2) is 42.7 Å². The van der Waals surface area contributed by atoms with E-state index >= 15 is 0 Å². The molecule has 0 spiro atoms. The largest absolute Gasteiger partial charge is 0.503 e. The first kappa shape index (κ1) is 16.4. The van der Waals surface area contributed by atoms with Crippen molar-refractivity contribution >= 4 is 14.8 Å².